The number of likely N-dealkylation sites (tertiary alicyclic amines) is 1. The van der Waals surface area contributed by atoms with Crippen molar-refractivity contribution in [2.75, 3.05) is 20.2 Å². The number of piperidine rings is 1. The van der Waals surface area contributed by atoms with Gasteiger partial charge in [-0.15, -0.1) is 0 Å². The maximum Gasteiger partial charge on any atom is 0.327 e. The van der Waals surface area contributed by atoms with Crippen LogP contribution in [0.25, 0.3) is 0 Å². The van der Waals surface area contributed by atoms with Gasteiger partial charge in [-0.25, -0.2) is 9.18 Å². The number of esters is 1. The number of methoxy groups -OCH3 is 1. The number of primary amides is 1. The second-order valence-corrected chi connectivity index (χ2v) is 6.14. The molecular weight excluding hydrogens is 323 g/mol. The van der Waals surface area contributed by atoms with Gasteiger partial charge in [-0.05, 0) is 37.4 Å². The highest BCUT2D eigenvalue weighted by Crippen LogP contribution is 2.34. The van der Waals surface area contributed by atoms with Crippen molar-refractivity contribution < 1.29 is 18.7 Å². The van der Waals surface area contributed by atoms with Crippen LogP contribution in [-0.4, -0.2) is 37.0 Å². The van der Waals surface area contributed by atoms with Crippen LogP contribution in [-0.2, 0) is 14.3 Å². The van der Waals surface area contributed by atoms with Crippen LogP contribution in [0, 0.1) is 11.7 Å². The molecule has 1 fully saturated rings. The standard InChI is InChI=1S/C16H20ClFN2O3/c1-23-16(22)15(14-11(17)5-2-6-12(14)18)20-7-3-4-10(9-20)8-13(19)21/h2,5-6,10,15H,3-4,7-9H2,1H3,(H2,19,21)/t10-,15-/m0/s1. The second-order valence-electron chi connectivity index (χ2n) is 5.73. The molecule has 1 amide bonds. The fourth-order valence-electron chi connectivity index (χ4n) is 3.12. The summed E-state index contributed by atoms with van der Waals surface area (Å²) in [6.07, 6.45) is 1.88. The number of carbonyl (C=O) groups excluding carboxylic acids is 2. The number of benzene rings is 1. The lowest BCUT2D eigenvalue weighted by molar-refractivity contribution is -0.148. The fourth-order valence-corrected chi connectivity index (χ4v) is 3.38. The summed E-state index contributed by atoms with van der Waals surface area (Å²) in [4.78, 5) is 25.2. The van der Waals surface area contributed by atoms with Crippen LogP contribution in [0.15, 0.2) is 18.2 Å². The highest BCUT2D eigenvalue weighted by Gasteiger charge is 2.35. The Morgan fingerprint density at radius 2 is 2.26 bits per heavy atom. The molecule has 1 aliphatic rings. The zero-order chi connectivity index (χ0) is 17.0. The third kappa shape index (κ3) is 4.20. The van der Waals surface area contributed by atoms with Crippen LogP contribution >= 0.6 is 11.6 Å². The molecule has 0 saturated carbocycles. The van der Waals surface area contributed by atoms with Gasteiger partial charge < -0.3 is 10.5 Å². The molecular formula is C16H20ClFN2O3. The molecule has 2 atom stereocenters. The van der Waals surface area contributed by atoms with E-state index in [0.29, 0.717) is 13.1 Å². The second kappa shape index (κ2) is 7.75. The molecule has 1 saturated heterocycles. The number of amides is 1. The summed E-state index contributed by atoms with van der Waals surface area (Å²) in [6.45, 7) is 1.06. The molecule has 1 aromatic carbocycles. The van der Waals surface area contributed by atoms with Crippen molar-refractivity contribution in [1.82, 2.24) is 4.90 Å². The first-order chi connectivity index (χ1) is 10.9. The van der Waals surface area contributed by atoms with E-state index in [1.54, 1.807) is 6.07 Å². The highest BCUT2D eigenvalue weighted by molar-refractivity contribution is 6.31. The zero-order valence-corrected chi connectivity index (χ0v) is 13.7. The van der Waals surface area contributed by atoms with Crippen LogP contribution in [0.1, 0.15) is 30.9 Å². The van der Waals surface area contributed by atoms with Gasteiger partial charge in [-0.1, -0.05) is 17.7 Å². The summed E-state index contributed by atoms with van der Waals surface area (Å²) in [5.41, 5.74) is 5.37. The minimum Gasteiger partial charge on any atom is -0.468 e. The molecule has 126 valence electrons. The summed E-state index contributed by atoms with van der Waals surface area (Å²) in [5, 5.41) is 0.178. The van der Waals surface area contributed by atoms with E-state index >= 15 is 0 Å². The van der Waals surface area contributed by atoms with Crippen molar-refractivity contribution in [3.63, 3.8) is 0 Å². The summed E-state index contributed by atoms with van der Waals surface area (Å²) < 4.78 is 19.1. The van der Waals surface area contributed by atoms with E-state index in [1.165, 1.54) is 19.2 Å². The SMILES string of the molecule is COC(=O)[C@H](c1c(F)cccc1Cl)N1CCC[C@@H](CC(N)=O)C1. The molecule has 1 aromatic rings. The van der Waals surface area contributed by atoms with E-state index in [-0.39, 0.29) is 28.8 Å². The van der Waals surface area contributed by atoms with Gasteiger partial charge in [-0.2, -0.15) is 0 Å². The van der Waals surface area contributed by atoms with Crippen molar-refractivity contribution in [1.29, 1.82) is 0 Å². The molecule has 0 aliphatic carbocycles. The third-order valence-corrected chi connectivity index (χ3v) is 4.43. The largest absolute Gasteiger partial charge is 0.468 e. The van der Waals surface area contributed by atoms with E-state index in [0.717, 1.165) is 12.8 Å². The van der Waals surface area contributed by atoms with Crippen LogP contribution in [0.3, 0.4) is 0 Å². The molecule has 0 aromatic heterocycles. The predicted octanol–water partition coefficient (Wildman–Crippen LogP) is 2.28. The van der Waals surface area contributed by atoms with Crippen molar-refractivity contribution >= 4 is 23.5 Å². The van der Waals surface area contributed by atoms with Gasteiger partial charge in [0.1, 0.15) is 11.9 Å². The molecule has 1 heterocycles. The predicted molar refractivity (Wildman–Crippen MR) is 84.3 cm³/mol. The van der Waals surface area contributed by atoms with Crippen LogP contribution in [0.2, 0.25) is 5.02 Å². The van der Waals surface area contributed by atoms with Crippen LogP contribution in [0.4, 0.5) is 4.39 Å². The first kappa shape index (κ1) is 17.7. The summed E-state index contributed by atoms with van der Waals surface area (Å²) in [5.74, 6) is -1.46. The van der Waals surface area contributed by atoms with Gasteiger partial charge in [-0.3, -0.25) is 9.69 Å². The number of ether oxygens (including phenoxy) is 1. The van der Waals surface area contributed by atoms with E-state index in [4.69, 9.17) is 22.1 Å². The molecule has 0 unspecified atom stereocenters. The molecule has 0 radical (unpaired) electrons. The van der Waals surface area contributed by atoms with Gasteiger partial charge in [0.05, 0.1) is 7.11 Å². The number of nitrogens with two attached hydrogens (primary N) is 1. The van der Waals surface area contributed by atoms with E-state index in [2.05, 4.69) is 0 Å². The number of hydrogen-bond donors (Lipinski definition) is 1. The molecule has 7 heteroatoms. The van der Waals surface area contributed by atoms with Gasteiger partial charge >= 0.3 is 5.97 Å². The summed E-state index contributed by atoms with van der Waals surface area (Å²) in [7, 11) is 1.26. The monoisotopic (exact) mass is 342 g/mol. The van der Waals surface area contributed by atoms with E-state index < -0.39 is 17.8 Å². The number of hydrogen-bond acceptors (Lipinski definition) is 4. The smallest absolute Gasteiger partial charge is 0.327 e. The van der Waals surface area contributed by atoms with Crippen LogP contribution < -0.4 is 5.73 Å². The van der Waals surface area contributed by atoms with Gasteiger partial charge in [0.25, 0.3) is 0 Å². The lowest BCUT2D eigenvalue weighted by atomic mass is 9.92. The number of carbonyl (C=O) groups is 2. The average molecular weight is 343 g/mol. The van der Waals surface area contributed by atoms with Crippen molar-refractivity contribution in [3.05, 3.63) is 34.6 Å². The van der Waals surface area contributed by atoms with Gasteiger partial charge in [0.2, 0.25) is 5.91 Å². The minimum atomic E-state index is -0.927. The van der Waals surface area contributed by atoms with Crippen molar-refractivity contribution in [2.24, 2.45) is 11.7 Å². The Morgan fingerprint density at radius 3 is 2.87 bits per heavy atom. The molecule has 2 N–H and O–H groups in total. The van der Waals surface area contributed by atoms with Crippen LogP contribution in [0.5, 0.6) is 0 Å². The topological polar surface area (TPSA) is 72.6 Å². The number of rotatable bonds is 5. The molecule has 5 nitrogen and oxygen atoms in total. The summed E-state index contributed by atoms with van der Waals surface area (Å²) in [6, 6.07) is 3.37. The maximum absolute atomic E-state index is 14.3. The zero-order valence-electron chi connectivity index (χ0n) is 12.9. The molecule has 1 aliphatic heterocycles. The quantitative estimate of drug-likeness (QED) is 0.833. The van der Waals surface area contributed by atoms with Crippen molar-refractivity contribution in [2.45, 2.75) is 25.3 Å². The Kier molecular flexibility index (Phi) is 5.96. The van der Waals surface area contributed by atoms with Crippen molar-refractivity contribution in [3.8, 4) is 0 Å². The minimum absolute atomic E-state index is 0.0407. The molecule has 23 heavy (non-hydrogen) atoms. The molecule has 0 spiro atoms. The van der Waals surface area contributed by atoms with Gasteiger partial charge in [0.15, 0.2) is 0 Å². The lowest BCUT2D eigenvalue weighted by Crippen LogP contribution is -2.43. The van der Waals surface area contributed by atoms with Gasteiger partial charge in [0, 0.05) is 23.6 Å². The number of halogens is 2. The fraction of sp³-hybridized carbons (Fsp3) is 0.500. The first-order valence-electron chi connectivity index (χ1n) is 7.48. The number of nitrogens with zero attached hydrogens (tertiary/aromatic N) is 1. The summed E-state index contributed by atoms with van der Waals surface area (Å²) >= 11 is 6.12. The Labute approximate surface area is 139 Å². The Hall–Kier alpha value is -1.66. The Bertz CT molecular complexity index is 576. The van der Waals surface area contributed by atoms with E-state index in [1.807, 2.05) is 4.90 Å². The molecule has 0 bridgehead atoms. The molecule has 2 rings (SSSR count). The normalized spacial score (nSPS) is 20.0. The third-order valence-electron chi connectivity index (χ3n) is 4.10. The maximum atomic E-state index is 14.3. The first-order valence-corrected chi connectivity index (χ1v) is 7.86. The Morgan fingerprint density at radius 1 is 1.52 bits per heavy atom. The highest BCUT2D eigenvalue weighted by atomic mass is 35.5. The van der Waals surface area contributed by atoms with E-state index in [9.17, 15) is 14.0 Å². The lowest BCUT2D eigenvalue weighted by Gasteiger charge is -2.37. The average Bonchev–Trinajstić information content (AvgIpc) is 2.50. The Balaban J connectivity index is 2.32.